The van der Waals surface area contributed by atoms with Gasteiger partial charge < -0.3 is 5.11 Å². The van der Waals surface area contributed by atoms with Crippen LogP contribution in [-0.2, 0) is 5.41 Å². The Bertz CT molecular complexity index is 681. The van der Waals surface area contributed by atoms with Crippen LogP contribution in [0.1, 0.15) is 51.4 Å². The molecular weight excluding hydrogens is 296 g/mol. The minimum atomic E-state index is -1.89. The van der Waals surface area contributed by atoms with Crippen molar-refractivity contribution in [3.63, 3.8) is 0 Å². The minimum Gasteiger partial charge on any atom is -0.362 e. The van der Waals surface area contributed by atoms with Gasteiger partial charge >= 0.3 is 0 Å². The molecule has 0 aliphatic carbocycles. The SMILES string of the molecule is Cc1cc(C)c(C(C)(c2c(C)cc(C)cc2C)C(N)(N)O)c(C)c1. The molecule has 0 unspecified atom stereocenters. The molecule has 0 saturated heterocycles. The normalized spacial score (nSPS) is 12.6. The fourth-order valence-electron chi connectivity index (χ4n) is 4.46. The highest BCUT2D eigenvalue weighted by Gasteiger charge is 2.47. The Kier molecular flexibility index (Phi) is 4.66. The third kappa shape index (κ3) is 2.88. The first-order valence-electron chi connectivity index (χ1n) is 8.36. The standard InChI is InChI=1S/C21H30N2O/c1-12-8-14(3)18(15(4)9-12)20(7,21(22,23)24)19-16(5)10-13(2)11-17(19)6/h8-11,24H,22-23H2,1-7H3. The minimum absolute atomic E-state index is 0.920. The van der Waals surface area contributed by atoms with Crippen molar-refractivity contribution < 1.29 is 5.11 Å². The van der Waals surface area contributed by atoms with Gasteiger partial charge in [0.05, 0.1) is 5.41 Å². The second-order valence-electron chi connectivity index (χ2n) is 7.50. The average molecular weight is 326 g/mol. The molecule has 0 saturated carbocycles. The van der Waals surface area contributed by atoms with Gasteiger partial charge in [-0.1, -0.05) is 35.4 Å². The van der Waals surface area contributed by atoms with Crippen LogP contribution >= 0.6 is 0 Å². The van der Waals surface area contributed by atoms with Crippen molar-refractivity contribution in [1.29, 1.82) is 0 Å². The summed E-state index contributed by atoms with van der Waals surface area (Å²) in [6.45, 7) is 14.3. The third-order valence-corrected chi connectivity index (χ3v) is 5.16. The van der Waals surface area contributed by atoms with Gasteiger partial charge in [-0.15, -0.1) is 0 Å². The van der Waals surface area contributed by atoms with Crippen molar-refractivity contribution in [3.05, 3.63) is 68.8 Å². The van der Waals surface area contributed by atoms with Crippen LogP contribution < -0.4 is 11.5 Å². The van der Waals surface area contributed by atoms with E-state index < -0.39 is 11.3 Å². The molecule has 0 bridgehead atoms. The van der Waals surface area contributed by atoms with Crippen molar-refractivity contribution in [2.45, 2.75) is 59.7 Å². The highest BCUT2D eigenvalue weighted by atomic mass is 16.3. The zero-order chi connectivity index (χ0) is 18.4. The second kappa shape index (κ2) is 5.99. The van der Waals surface area contributed by atoms with E-state index in [4.69, 9.17) is 11.5 Å². The van der Waals surface area contributed by atoms with Crippen molar-refractivity contribution in [2.24, 2.45) is 11.5 Å². The van der Waals surface area contributed by atoms with Gasteiger partial charge in [0, 0.05) is 0 Å². The Labute approximate surface area is 145 Å². The summed E-state index contributed by atoms with van der Waals surface area (Å²) in [5.41, 5.74) is 20.1. The molecule has 2 rings (SSSR count). The highest BCUT2D eigenvalue weighted by Crippen LogP contribution is 2.43. The van der Waals surface area contributed by atoms with Gasteiger partial charge in [0.15, 0.2) is 5.85 Å². The lowest BCUT2D eigenvalue weighted by atomic mass is 9.66. The molecule has 0 aliphatic heterocycles. The largest absolute Gasteiger partial charge is 0.362 e. The molecule has 2 aromatic rings. The van der Waals surface area contributed by atoms with E-state index in [1.54, 1.807) is 0 Å². The molecule has 24 heavy (non-hydrogen) atoms. The number of rotatable bonds is 3. The molecule has 0 fully saturated rings. The van der Waals surface area contributed by atoms with Gasteiger partial charge in [-0.05, 0) is 81.8 Å². The van der Waals surface area contributed by atoms with E-state index >= 15 is 0 Å². The van der Waals surface area contributed by atoms with Gasteiger partial charge in [0.25, 0.3) is 0 Å². The Morgan fingerprint density at radius 3 is 1.12 bits per heavy atom. The second-order valence-corrected chi connectivity index (χ2v) is 7.50. The van der Waals surface area contributed by atoms with Crippen LogP contribution in [0.2, 0.25) is 0 Å². The summed E-state index contributed by atoms with van der Waals surface area (Å²) in [6, 6.07) is 8.46. The predicted octanol–water partition coefficient (Wildman–Crippen LogP) is 3.41. The molecule has 0 spiro atoms. The van der Waals surface area contributed by atoms with Gasteiger partial charge in [-0.25, -0.2) is 0 Å². The van der Waals surface area contributed by atoms with Crippen molar-refractivity contribution >= 4 is 0 Å². The van der Waals surface area contributed by atoms with Crippen LogP contribution in [0.5, 0.6) is 0 Å². The Balaban J connectivity index is 2.95. The quantitative estimate of drug-likeness (QED) is 0.757. The topological polar surface area (TPSA) is 72.3 Å². The first-order valence-corrected chi connectivity index (χ1v) is 8.36. The lowest BCUT2D eigenvalue weighted by Gasteiger charge is -2.44. The Morgan fingerprint density at radius 1 is 0.667 bits per heavy atom. The fourth-order valence-corrected chi connectivity index (χ4v) is 4.46. The molecule has 0 aromatic heterocycles. The lowest BCUT2D eigenvalue weighted by Crippen LogP contribution is -2.65. The summed E-state index contributed by atoms with van der Waals surface area (Å²) < 4.78 is 0. The maximum atomic E-state index is 10.8. The van der Waals surface area contributed by atoms with E-state index in [0.29, 0.717) is 0 Å². The van der Waals surface area contributed by atoms with E-state index in [1.807, 2.05) is 6.92 Å². The summed E-state index contributed by atoms with van der Waals surface area (Å²) in [6.07, 6.45) is 0. The Morgan fingerprint density at radius 2 is 0.917 bits per heavy atom. The molecule has 3 heteroatoms. The molecule has 5 N–H and O–H groups in total. The monoisotopic (exact) mass is 326 g/mol. The molecule has 0 radical (unpaired) electrons. The number of hydrogen-bond donors (Lipinski definition) is 3. The fraction of sp³-hybridized carbons (Fsp3) is 0.429. The van der Waals surface area contributed by atoms with Crippen LogP contribution in [0.15, 0.2) is 24.3 Å². The lowest BCUT2D eigenvalue weighted by molar-refractivity contribution is -0.00599. The van der Waals surface area contributed by atoms with Crippen LogP contribution in [-0.4, -0.2) is 11.0 Å². The van der Waals surface area contributed by atoms with Gasteiger partial charge in [-0.3, -0.25) is 11.5 Å². The third-order valence-electron chi connectivity index (χ3n) is 5.16. The van der Waals surface area contributed by atoms with E-state index in [1.165, 1.54) is 11.1 Å². The summed E-state index contributed by atoms with van der Waals surface area (Å²) in [5, 5.41) is 10.8. The first kappa shape index (κ1) is 18.7. The van der Waals surface area contributed by atoms with Gasteiger partial charge in [0.2, 0.25) is 0 Å². The summed E-state index contributed by atoms with van der Waals surface area (Å²) in [5.74, 6) is -1.89. The van der Waals surface area contributed by atoms with Crippen molar-refractivity contribution in [1.82, 2.24) is 0 Å². The highest BCUT2D eigenvalue weighted by molar-refractivity contribution is 5.55. The van der Waals surface area contributed by atoms with Gasteiger partial charge in [0.1, 0.15) is 0 Å². The van der Waals surface area contributed by atoms with Crippen molar-refractivity contribution in [3.8, 4) is 0 Å². The Hall–Kier alpha value is -1.68. The number of benzene rings is 2. The maximum Gasteiger partial charge on any atom is 0.180 e. The molecule has 130 valence electrons. The van der Waals surface area contributed by atoms with E-state index in [9.17, 15) is 5.11 Å². The molecular formula is C21H30N2O. The molecule has 2 aromatic carbocycles. The molecule has 3 nitrogen and oxygen atoms in total. The molecule has 0 amide bonds. The van der Waals surface area contributed by atoms with Crippen LogP contribution in [0.3, 0.4) is 0 Å². The number of aliphatic hydroxyl groups is 1. The smallest absolute Gasteiger partial charge is 0.180 e. The summed E-state index contributed by atoms with van der Waals surface area (Å²) >= 11 is 0. The molecule has 0 aliphatic rings. The van der Waals surface area contributed by atoms with Crippen LogP contribution in [0.4, 0.5) is 0 Å². The van der Waals surface area contributed by atoms with Crippen molar-refractivity contribution in [2.75, 3.05) is 0 Å². The van der Waals surface area contributed by atoms with Crippen LogP contribution in [0.25, 0.3) is 0 Å². The number of hydrogen-bond acceptors (Lipinski definition) is 3. The van der Waals surface area contributed by atoms with E-state index in [0.717, 1.165) is 33.4 Å². The van der Waals surface area contributed by atoms with E-state index in [-0.39, 0.29) is 0 Å². The average Bonchev–Trinajstić information content (AvgIpc) is 2.34. The summed E-state index contributed by atoms with van der Waals surface area (Å²) in [7, 11) is 0. The molecule has 0 atom stereocenters. The molecule has 0 heterocycles. The number of aryl methyl sites for hydroxylation is 6. The zero-order valence-electron chi connectivity index (χ0n) is 15.9. The first-order chi connectivity index (χ1) is 10.9. The van der Waals surface area contributed by atoms with E-state index in [2.05, 4.69) is 65.8 Å². The predicted molar refractivity (Wildman–Crippen MR) is 101 cm³/mol. The van der Waals surface area contributed by atoms with Gasteiger partial charge in [-0.2, -0.15) is 0 Å². The zero-order valence-corrected chi connectivity index (χ0v) is 15.9. The number of nitrogens with two attached hydrogens (primary N) is 2. The maximum absolute atomic E-state index is 10.8. The summed E-state index contributed by atoms with van der Waals surface area (Å²) in [4.78, 5) is 0. The van der Waals surface area contributed by atoms with Crippen LogP contribution in [0, 0.1) is 41.5 Å².